The van der Waals surface area contributed by atoms with Gasteiger partial charge in [0.2, 0.25) is 27.7 Å². The zero-order valence-corrected chi connectivity index (χ0v) is 26.6. The number of carboxylic acids is 1. The summed E-state index contributed by atoms with van der Waals surface area (Å²) in [6, 6.07) is 22.2. The topological polar surface area (TPSA) is 235 Å². The van der Waals surface area contributed by atoms with Gasteiger partial charge in [-0.05, 0) is 52.4 Å². The Morgan fingerprint density at radius 1 is 0.792 bits per heavy atom. The third-order valence-electron chi connectivity index (χ3n) is 7.52. The maximum Gasteiger partial charge on any atom is 0.335 e. The summed E-state index contributed by atoms with van der Waals surface area (Å²) in [5.41, 5.74) is 12.8. The first-order chi connectivity index (χ1) is 22.8. The van der Waals surface area contributed by atoms with E-state index < -0.39 is 51.6 Å². The maximum atomic E-state index is 13.8. The molecule has 3 amide bonds. The number of nitrogens with one attached hydrogen (secondary N) is 4. The molecular weight excluding hydrogens is 636 g/mol. The monoisotopic (exact) mass is 672 g/mol. The highest BCUT2D eigenvalue weighted by molar-refractivity contribution is 7.88. The number of amides is 3. The van der Waals surface area contributed by atoms with E-state index in [1.807, 2.05) is 30.3 Å². The highest BCUT2D eigenvalue weighted by Crippen LogP contribution is 2.21. The summed E-state index contributed by atoms with van der Waals surface area (Å²) in [6.45, 7) is 0.0570. The minimum atomic E-state index is -4.23. The quantitative estimate of drug-likeness (QED) is 0.0684. The molecule has 13 nitrogen and oxygen atoms in total. The zero-order chi connectivity index (χ0) is 34.8. The van der Waals surface area contributed by atoms with Crippen molar-refractivity contribution in [1.29, 1.82) is 5.41 Å². The molecule has 2 atom stereocenters. The summed E-state index contributed by atoms with van der Waals surface area (Å²) >= 11 is 0. The molecule has 0 spiro atoms. The van der Waals surface area contributed by atoms with Gasteiger partial charge < -0.3 is 27.2 Å². The van der Waals surface area contributed by atoms with Gasteiger partial charge in [0, 0.05) is 18.5 Å². The van der Waals surface area contributed by atoms with Gasteiger partial charge >= 0.3 is 5.97 Å². The zero-order valence-electron chi connectivity index (χ0n) is 25.8. The van der Waals surface area contributed by atoms with E-state index in [-0.39, 0.29) is 42.8 Å². The van der Waals surface area contributed by atoms with E-state index in [1.54, 1.807) is 36.4 Å². The van der Waals surface area contributed by atoms with E-state index in [1.165, 1.54) is 24.3 Å². The van der Waals surface area contributed by atoms with E-state index >= 15 is 0 Å². The molecule has 0 saturated carbocycles. The fourth-order valence-electron chi connectivity index (χ4n) is 5.09. The van der Waals surface area contributed by atoms with Crippen LogP contribution < -0.4 is 26.8 Å². The largest absolute Gasteiger partial charge is 0.478 e. The van der Waals surface area contributed by atoms with Gasteiger partial charge in [-0.25, -0.2) is 17.9 Å². The Kier molecular flexibility index (Phi) is 11.6. The number of nitrogen functional groups attached to an aromatic ring is 1. The molecule has 14 heteroatoms. The van der Waals surface area contributed by atoms with Crippen molar-refractivity contribution in [3.63, 3.8) is 0 Å². The number of aromatic carboxylic acids is 1. The van der Waals surface area contributed by atoms with Crippen LogP contribution in [0.15, 0.2) is 91.0 Å². The molecule has 0 saturated heterocycles. The van der Waals surface area contributed by atoms with Crippen LogP contribution in [0.1, 0.15) is 45.5 Å². The molecule has 9 N–H and O–H groups in total. The Bertz CT molecular complexity index is 1940. The number of fused-ring (bicyclic) bond motifs is 1. The van der Waals surface area contributed by atoms with Gasteiger partial charge in [-0.15, -0.1) is 0 Å². The molecule has 0 aliphatic carbocycles. The van der Waals surface area contributed by atoms with E-state index in [0.29, 0.717) is 16.7 Å². The second-order valence-electron chi connectivity index (χ2n) is 11.2. The van der Waals surface area contributed by atoms with Crippen molar-refractivity contribution in [1.82, 2.24) is 15.4 Å². The van der Waals surface area contributed by atoms with Gasteiger partial charge in [0.15, 0.2) is 0 Å². The Labute approximate surface area is 277 Å². The van der Waals surface area contributed by atoms with Crippen LogP contribution in [0.25, 0.3) is 10.8 Å². The van der Waals surface area contributed by atoms with E-state index in [4.69, 9.17) is 16.9 Å². The van der Waals surface area contributed by atoms with Crippen LogP contribution in [-0.2, 0) is 43.1 Å². The number of nitrogens with two attached hydrogens (primary N) is 2. The molecule has 0 radical (unpaired) electrons. The lowest BCUT2D eigenvalue weighted by Gasteiger charge is -2.24. The normalized spacial score (nSPS) is 12.5. The SMILES string of the molecule is N=C(N)c1ccc(CNC(=O)[C@H](CCC(N)=O)NC(=O)[C@@H](Cc2cccc3ccccc23)NS(=O)(=O)Cc2cccc(C(=O)O)c2)cc1. The van der Waals surface area contributed by atoms with Crippen molar-refractivity contribution in [3.8, 4) is 0 Å². The van der Waals surface area contributed by atoms with Crippen molar-refractivity contribution in [3.05, 3.63) is 119 Å². The number of amidine groups is 1. The highest BCUT2D eigenvalue weighted by Gasteiger charge is 2.30. The molecule has 0 aliphatic heterocycles. The molecule has 0 fully saturated rings. The van der Waals surface area contributed by atoms with Gasteiger partial charge in [-0.1, -0.05) is 78.9 Å². The minimum Gasteiger partial charge on any atom is -0.478 e. The molecule has 0 aromatic heterocycles. The maximum absolute atomic E-state index is 13.8. The van der Waals surface area contributed by atoms with Crippen molar-refractivity contribution in [2.45, 2.75) is 43.6 Å². The van der Waals surface area contributed by atoms with Crippen LogP contribution in [0.2, 0.25) is 0 Å². The highest BCUT2D eigenvalue weighted by atomic mass is 32.2. The van der Waals surface area contributed by atoms with E-state index in [0.717, 1.165) is 10.8 Å². The number of hydrogen-bond acceptors (Lipinski definition) is 7. The lowest BCUT2D eigenvalue weighted by atomic mass is 9.98. The second-order valence-corrected chi connectivity index (χ2v) is 12.9. The number of carbonyl (C=O) groups is 4. The van der Waals surface area contributed by atoms with Gasteiger partial charge in [0.25, 0.3) is 0 Å². The van der Waals surface area contributed by atoms with Crippen LogP contribution in [0.3, 0.4) is 0 Å². The summed E-state index contributed by atoms with van der Waals surface area (Å²) in [5, 5.41) is 23.8. The third kappa shape index (κ3) is 9.95. The molecule has 250 valence electrons. The molecule has 0 aliphatic rings. The van der Waals surface area contributed by atoms with E-state index in [2.05, 4.69) is 15.4 Å². The Balaban J connectivity index is 1.58. The number of sulfonamides is 1. The van der Waals surface area contributed by atoms with E-state index in [9.17, 15) is 32.7 Å². The van der Waals surface area contributed by atoms with Crippen LogP contribution in [0.4, 0.5) is 0 Å². The molecule has 0 bridgehead atoms. The first kappa shape index (κ1) is 35.3. The van der Waals surface area contributed by atoms with Gasteiger partial charge in [-0.2, -0.15) is 0 Å². The van der Waals surface area contributed by atoms with Crippen molar-refractivity contribution >= 4 is 50.3 Å². The second kappa shape index (κ2) is 15.8. The molecule has 0 unspecified atom stereocenters. The average Bonchev–Trinajstić information content (AvgIpc) is 3.05. The lowest BCUT2D eigenvalue weighted by Crippen LogP contribution is -2.54. The molecule has 0 heterocycles. The van der Waals surface area contributed by atoms with Crippen molar-refractivity contribution < 1.29 is 32.7 Å². The molecule has 4 aromatic carbocycles. The molecule has 4 aromatic rings. The molecule has 4 rings (SSSR count). The van der Waals surface area contributed by atoms with Gasteiger partial charge in [-0.3, -0.25) is 19.8 Å². The minimum absolute atomic E-state index is 0.0570. The Morgan fingerprint density at radius 2 is 1.48 bits per heavy atom. The number of benzene rings is 4. The van der Waals surface area contributed by atoms with Crippen LogP contribution in [0.5, 0.6) is 0 Å². The molecule has 48 heavy (non-hydrogen) atoms. The first-order valence-corrected chi connectivity index (χ1v) is 16.5. The number of primary amides is 1. The summed E-state index contributed by atoms with van der Waals surface area (Å²) in [7, 11) is -4.23. The molecular formula is C34H36N6O7S. The smallest absolute Gasteiger partial charge is 0.335 e. The lowest BCUT2D eigenvalue weighted by molar-refractivity contribution is -0.130. The van der Waals surface area contributed by atoms with Crippen molar-refractivity contribution in [2.75, 3.05) is 0 Å². The fraction of sp³-hybridized carbons (Fsp3) is 0.206. The predicted molar refractivity (Wildman–Crippen MR) is 180 cm³/mol. The van der Waals surface area contributed by atoms with Crippen molar-refractivity contribution in [2.24, 2.45) is 11.5 Å². The standard InChI is InChI=1S/C34H36N6O7S/c35-30(41)16-15-28(32(42)38-19-21-11-13-24(14-12-21)31(36)37)39-33(43)29(18-25-8-4-7-23-6-1-2-10-27(23)25)40-48(46,47)20-22-5-3-9-26(17-22)34(44)45/h1-14,17,28-29,40H,15-16,18-20H2,(H2,35,41)(H3,36,37)(H,38,42)(H,39,43)(H,44,45)/t28-,29+/m0/s1. The number of carboxylic acid groups (broad SMARTS) is 1. The summed E-state index contributed by atoms with van der Waals surface area (Å²) in [4.78, 5) is 50.2. The van der Waals surface area contributed by atoms with Gasteiger partial charge in [0.1, 0.15) is 17.9 Å². The van der Waals surface area contributed by atoms with Gasteiger partial charge in [0.05, 0.1) is 11.3 Å². The fourth-order valence-corrected chi connectivity index (χ4v) is 6.42. The number of rotatable bonds is 16. The summed E-state index contributed by atoms with van der Waals surface area (Å²) in [6.07, 6.45) is -0.467. The van der Waals surface area contributed by atoms with Crippen LogP contribution in [0, 0.1) is 5.41 Å². The number of hydrogen-bond donors (Lipinski definition) is 7. The first-order valence-electron chi connectivity index (χ1n) is 14.9. The average molecular weight is 673 g/mol. The number of carbonyl (C=O) groups excluding carboxylic acids is 3. The van der Waals surface area contributed by atoms with Crippen LogP contribution in [-0.4, -0.2) is 55.1 Å². The predicted octanol–water partition coefficient (Wildman–Crippen LogP) is 1.92. The van der Waals surface area contributed by atoms with Crippen LogP contribution >= 0.6 is 0 Å². The third-order valence-corrected chi connectivity index (χ3v) is 8.87. The Morgan fingerprint density at radius 3 is 2.17 bits per heavy atom. The Hall–Kier alpha value is -5.60. The summed E-state index contributed by atoms with van der Waals surface area (Å²) in [5.74, 6) is -4.08. The summed E-state index contributed by atoms with van der Waals surface area (Å²) < 4.78 is 29.3.